The van der Waals surface area contributed by atoms with Gasteiger partial charge in [-0.1, -0.05) is 0 Å². The number of benzene rings is 1. The van der Waals surface area contributed by atoms with Gasteiger partial charge in [0.05, 0.1) is 12.8 Å². The van der Waals surface area contributed by atoms with E-state index in [1.165, 1.54) is 0 Å². The van der Waals surface area contributed by atoms with Crippen molar-refractivity contribution in [3.8, 4) is 5.75 Å². The summed E-state index contributed by atoms with van der Waals surface area (Å²) in [6.07, 6.45) is 5.87. The maximum Gasteiger partial charge on any atom is 0.119 e. The van der Waals surface area contributed by atoms with Gasteiger partial charge in [0, 0.05) is 31.2 Å². The van der Waals surface area contributed by atoms with Crippen molar-refractivity contribution in [1.82, 2.24) is 4.57 Å². The highest BCUT2D eigenvalue weighted by Crippen LogP contribution is 2.17. The third-order valence-corrected chi connectivity index (χ3v) is 2.29. The Balaban J connectivity index is 2.11. The standard InChI is InChI=1S/C13H14N2O/c1-15-8-7-11(10-15)9-14-12-3-5-13(16-2)6-4-12/h3-10H,1-2H3. The minimum Gasteiger partial charge on any atom is -0.497 e. The summed E-state index contributed by atoms with van der Waals surface area (Å²) in [5.74, 6) is 0.846. The zero-order chi connectivity index (χ0) is 11.4. The highest BCUT2D eigenvalue weighted by molar-refractivity contribution is 5.81. The quantitative estimate of drug-likeness (QED) is 0.721. The first-order chi connectivity index (χ1) is 7.78. The molecule has 82 valence electrons. The Hall–Kier alpha value is -2.03. The van der Waals surface area contributed by atoms with Crippen molar-refractivity contribution in [3.63, 3.8) is 0 Å². The first kappa shape index (κ1) is 10.5. The summed E-state index contributed by atoms with van der Waals surface area (Å²) in [5.41, 5.74) is 2.02. The molecular formula is C13H14N2O. The minimum atomic E-state index is 0.846. The fourth-order valence-corrected chi connectivity index (χ4v) is 1.42. The number of aromatic nitrogens is 1. The molecule has 2 rings (SSSR count). The Kier molecular flexibility index (Phi) is 3.05. The number of ether oxygens (including phenoxy) is 1. The van der Waals surface area contributed by atoms with E-state index in [0.717, 1.165) is 17.0 Å². The first-order valence-corrected chi connectivity index (χ1v) is 5.08. The normalized spacial score (nSPS) is 10.9. The summed E-state index contributed by atoms with van der Waals surface area (Å²) >= 11 is 0. The Bertz CT molecular complexity index is 483. The molecule has 0 spiro atoms. The van der Waals surface area contributed by atoms with Gasteiger partial charge in [-0.25, -0.2) is 0 Å². The molecule has 0 atom stereocenters. The van der Waals surface area contributed by atoms with Crippen LogP contribution in [0.3, 0.4) is 0 Å². The molecule has 0 aliphatic rings. The number of aliphatic imine (C=N–C) groups is 1. The largest absolute Gasteiger partial charge is 0.497 e. The van der Waals surface area contributed by atoms with Gasteiger partial charge >= 0.3 is 0 Å². The highest BCUT2D eigenvalue weighted by Gasteiger charge is 1.92. The van der Waals surface area contributed by atoms with E-state index < -0.39 is 0 Å². The molecule has 0 saturated heterocycles. The zero-order valence-corrected chi connectivity index (χ0v) is 9.42. The molecule has 3 heteroatoms. The second-order valence-corrected chi connectivity index (χ2v) is 3.57. The summed E-state index contributed by atoms with van der Waals surface area (Å²) in [7, 11) is 3.65. The second kappa shape index (κ2) is 4.66. The topological polar surface area (TPSA) is 26.5 Å². The van der Waals surface area contributed by atoms with E-state index in [-0.39, 0.29) is 0 Å². The average molecular weight is 214 g/mol. The van der Waals surface area contributed by atoms with E-state index in [0.29, 0.717) is 0 Å². The van der Waals surface area contributed by atoms with Crippen LogP contribution in [0.15, 0.2) is 47.7 Å². The van der Waals surface area contributed by atoms with Crippen molar-refractivity contribution in [1.29, 1.82) is 0 Å². The van der Waals surface area contributed by atoms with Crippen LogP contribution < -0.4 is 4.74 Å². The van der Waals surface area contributed by atoms with Crippen LogP contribution in [0.2, 0.25) is 0 Å². The van der Waals surface area contributed by atoms with E-state index in [1.54, 1.807) is 7.11 Å². The van der Waals surface area contributed by atoms with Crippen LogP contribution in [-0.4, -0.2) is 17.9 Å². The smallest absolute Gasteiger partial charge is 0.119 e. The maximum atomic E-state index is 5.08. The van der Waals surface area contributed by atoms with Gasteiger partial charge in [-0.3, -0.25) is 4.99 Å². The van der Waals surface area contributed by atoms with Gasteiger partial charge in [0.15, 0.2) is 0 Å². The molecule has 3 nitrogen and oxygen atoms in total. The molecule has 16 heavy (non-hydrogen) atoms. The lowest BCUT2D eigenvalue weighted by atomic mass is 10.3. The number of aryl methyl sites for hydroxylation is 1. The summed E-state index contributed by atoms with van der Waals surface area (Å²) < 4.78 is 7.08. The van der Waals surface area contributed by atoms with E-state index in [2.05, 4.69) is 4.99 Å². The van der Waals surface area contributed by atoms with Crippen LogP contribution >= 0.6 is 0 Å². The van der Waals surface area contributed by atoms with E-state index in [1.807, 2.05) is 60.6 Å². The van der Waals surface area contributed by atoms with Crippen molar-refractivity contribution >= 4 is 11.9 Å². The summed E-state index contributed by atoms with van der Waals surface area (Å²) in [4.78, 5) is 4.37. The fourth-order valence-electron chi connectivity index (χ4n) is 1.42. The Morgan fingerprint density at radius 3 is 2.50 bits per heavy atom. The molecule has 2 aromatic rings. The van der Waals surface area contributed by atoms with Crippen molar-refractivity contribution in [2.75, 3.05) is 7.11 Å². The summed E-state index contributed by atoms with van der Waals surface area (Å²) in [6.45, 7) is 0. The molecule has 0 bridgehead atoms. The summed E-state index contributed by atoms with van der Waals surface area (Å²) in [5, 5.41) is 0. The number of methoxy groups -OCH3 is 1. The van der Waals surface area contributed by atoms with Crippen LogP contribution in [0.4, 0.5) is 5.69 Å². The molecule has 0 radical (unpaired) electrons. The Morgan fingerprint density at radius 1 is 1.19 bits per heavy atom. The number of hydrogen-bond acceptors (Lipinski definition) is 2. The number of rotatable bonds is 3. The zero-order valence-electron chi connectivity index (χ0n) is 9.42. The van der Waals surface area contributed by atoms with Gasteiger partial charge in [-0.2, -0.15) is 0 Å². The second-order valence-electron chi connectivity index (χ2n) is 3.57. The number of hydrogen-bond donors (Lipinski definition) is 0. The number of nitrogens with zero attached hydrogens (tertiary/aromatic N) is 2. The third kappa shape index (κ3) is 2.51. The van der Waals surface area contributed by atoms with Crippen molar-refractivity contribution in [2.24, 2.45) is 12.0 Å². The van der Waals surface area contributed by atoms with Gasteiger partial charge in [0.2, 0.25) is 0 Å². The Morgan fingerprint density at radius 2 is 1.94 bits per heavy atom. The van der Waals surface area contributed by atoms with E-state index in [4.69, 9.17) is 4.74 Å². The van der Waals surface area contributed by atoms with Crippen LogP contribution in [0.1, 0.15) is 5.56 Å². The lowest BCUT2D eigenvalue weighted by Crippen LogP contribution is -1.81. The average Bonchev–Trinajstić information content (AvgIpc) is 2.73. The van der Waals surface area contributed by atoms with Crippen LogP contribution in [0, 0.1) is 0 Å². The van der Waals surface area contributed by atoms with Gasteiger partial charge in [-0.15, -0.1) is 0 Å². The van der Waals surface area contributed by atoms with Crippen molar-refractivity contribution < 1.29 is 4.74 Å². The fraction of sp³-hybridized carbons (Fsp3) is 0.154. The lowest BCUT2D eigenvalue weighted by Gasteiger charge is -1.98. The molecule has 0 unspecified atom stereocenters. The van der Waals surface area contributed by atoms with Crippen LogP contribution in [0.25, 0.3) is 0 Å². The van der Waals surface area contributed by atoms with Gasteiger partial charge < -0.3 is 9.30 Å². The molecule has 1 aromatic heterocycles. The van der Waals surface area contributed by atoms with Gasteiger partial charge in [0.1, 0.15) is 5.75 Å². The first-order valence-electron chi connectivity index (χ1n) is 5.08. The minimum absolute atomic E-state index is 0.846. The molecule has 0 N–H and O–H groups in total. The molecule has 0 saturated carbocycles. The molecule has 0 amide bonds. The predicted molar refractivity (Wildman–Crippen MR) is 65.7 cm³/mol. The van der Waals surface area contributed by atoms with Gasteiger partial charge in [0.25, 0.3) is 0 Å². The summed E-state index contributed by atoms with van der Waals surface area (Å²) in [6, 6.07) is 9.68. The van der Waals surface area contributed by atoms with E-state index in [9.17, 15) is 0 Å². The molecule has 1 aromatic carbocycles. The monoisotopic (exact) mass is 214 g/mol. The van der Waals surface area contributed by atoms with Gasteiger partial charge in [-0.05, 0) is 30.3 Å². The van der Waals surface area contributed by atoms with Crippen LogP contribution in [-0.2, 0) is 7.05 Å². The third-order valence-electron chi connectivity index (χ3n) is 2.29. The maximum absolute atomic E-state index is 5.08. The Labute approximate surface area is 95.0 Å². The van der Waals surface area contributed by atoms with Crippen molar-refractivity contribution in [3.05, 3.63) is 48.3 Å². The lowest BCUT2D eigenvalue weighted by molar-refractivity contribution is 0.415. The SMILES string of the molecule is COc1ccc(N=Cc2ccn(C)c2)cc1. The molecule has 0 aliphatic heterocycles. The predicted octanol–water partition coefficient (Wildman–Crippen LogP) is 2.78. The van der Waals surface area contributed by atoms with Crippen molar-refractivity contribution in [2.45, 2.75) is 0 Å². The molecule has 0 aliphatic carbocycles. The van der Waals surface area contributed by atoms with E-state index >= 15 is 0 Å². The highest BCUT2D eigenvalue weighted by atomic mass is 16.5. The molecular weight excluding hydrogens is 200 g/mol. The molecule has 0 fully saturated rings. The van der Waals surface area contributed by atoms with Crippen LogP contribution in [0.5, 0.6) is 5.75 Å². The molecule has 1 heterocycles.